The number of carbonyl (C=O) groups is 4. The predicted octanol–water partition coefficient (Wildman–Crippen LogP) is 7.60. The number of benzene rings is 2. The SMILES string of the molecule is COc1cc2sc(C(=O)C[C@H](C)C(C)=O)cc2c(F)c1OCC(C)COc1c(OC)cc2sc(C(=O)C[C@H](C)C(=O)O)cc2c1F. The van der Waals surface area contributed by atoms with Crippen LogP contribution in [-0.2, 0) is 9.59 Å². The lowest BCUT2D eigenvalue weighted by atomic mass is 10.00. The van der Waals surface area contributed by atoms with Crippen molar-refractivity contribution in [1.82, 2.24) is 0 Å². The quantitative estimate of drug-likeness (QED) is 0.119. The Bertz CT molecular complexity index is 1680. The first-order valence-corrected chi connectivity index (χ1v) is 16.0. The van der Waals surface area contributed by atoms with Crippen LogP contribution >= 0.6 is 22.7 Å². The summed E-state index contributed by atoms with van der Waals surface area (Å²) in [6.07, 6.45) is -0.190. The van der Waals surface area contributed by atoms with Crippen molar-refractivity contribution in [3.05, 3.63) is 45.7 Å². The number of ketones is 3. The van der Waals surface area contributed by atoms with Gasteiger partial charge in [0, 0.05) is 57.0 Å². The van der Waals surface area contributed by atoms with E-state index >= 15 is 8.78 Å². The third kappa shape index (κ3) is 7.47. The van der Waals surface area contributed by atoms with E-state index in [-0.39, 0.29) is 82.2 Å². The second-order valence-corrected chi connectivity index (χ2v) is 13.4. The van der Waals surface area contributed by atoms with E-state index in [4.69, 9.17) is 24.1 Å². The molecular formula is C33H34F2O9S2. The highest BCUT2D eigenvalue weighted by Crippen LogP contribution is 2.42. The van der Waals surface area contributed by atoms with E-state index in [1.165, 1.54) is 40.2 Å². The summed E-state index contributed by atoms with van der Waals surface area (Å²) in [6, 6.07) is 5.96. The molecule has 13 heteroatoms. The topological polar surface area (TPSA) is 125 Å². The van der Waals surface area contributed by atoms with Crippen molar-refractivity contribution in [2.75, 3.05) is 27.4 Å². The Hall–Kier alpha value is -4.10. The molecule has 0 spiro atoms. The van der Waals surface area contributed by atoms with Gasteiger partial charge in [0.1, 0.15) is 5.78 Å². The van der Waals surface area contributed by atoms with Gasteiger partial charge in [-0.3, -0.25) is 19.2 Å². The van der Waals surface area contributed by atoms with Crippen LogP contribution in [0.25, 0.3) is 20.2 Å². The summed E-state index contributed by atoms with van der Waals surface area (Å²) in [6.45, 7) is 6.21. The fourth-order valence-electron chi connectivity index (χ4n) is 4.53. The number of Topliss-reactive ketones (excluding diaryl/α,β-unsaturated/α-hetero) is 3. The number of carbonyl (C=O) groups excluding carboxylic acids is 3. The van der Waals surface area contributed by atoms with Gasteiger partial charge in [-0.2, -0.15) is 0 Å². The summed E-state index contributed by atoms with van der Waals surface area (Å²) in [5.74, 6) is -5.06. The highest BCUT2D eigenvalue weighted by atomic mass is 32.1. The van der Waals surface area contributed by atoms with Crippen molar-refractivity contribution < 1.29 is 52.0 Å². The minimum absolute atomic E-state index is 0.0257. The summed E-state index contributed by atoms with van der Waals surface area (Å²) in [5.41, 5.74) is 0. The van der Waals surface area contributed by atoms with Gasteiger partial charge in [0.15, 0.2) is 46.2 Å². The monoisotopic (exact) mass is 676 g/mol. The summed E-state index contributed by atoms with van der Waals surface area (Å²) >= 11 is 2.15. The van der Waals surface area contributed by atoms with Crippen molar-refractivity contribution in [3.63, 3.8) is 0 Å². The molecule has 0 fully saturated rings. The van der Waals surface area contributed by atoms with E-state index < -0.39 is 35.2 Å². The third-order valence-corrected chi connectivity index (χ3v) is 9.72. The first-order chi connectivity index (χ1) is 21.7. The Kier molecular flexibility index (Phi) is 11.0. The van der Waals surface area contributed by atoms with Gasteiger partial charge in [-0.15, -0.1) is 22.7 Å². The maximum atomic E-state index is 15.6. The number of hydrogen-bond donors (Lipinski definition) is 1. The van der Waals surface area contributed by atoms with Crippen LogP contribution in [0.4, 0.5) is 8.78 Å². The standard InChI is InChI=1S/C33H34F2O9S2/c1-15(13-43-31-23(41-5)11-25-19(29(31)34)9-27(45-25)21(37)7-16(2)18(4)36)14-44-32-24(42-6)12-26-20(30(32)35)10-28(46-26)22(38)8-17(3)33(39)40/h9-12,15-17H,7-8,13-14H2,1-6H3,(H,39,40)/t15?,16-,17-/m0/s1. The summed E-state index contributed by atoms with van der Waals surface area (Å²) in [7, 11) is 2.72. The summed E-state index contributed by atoms with van der Waals surface area (Å²) in [4.78, 5) is 48.6. The van der Waals surface area contributed by atoms with Gasteiger partial charge in [-0.1, -0.05) is 20.8 Å². The predicted molar refractivity (Wildman–Crippen MR) is 171 cm³/mol. The number of hydrogen-bond acceptors (Lipinski definition) is 10. The normalized spacial score (nSPS) is 13.3. The maximum absolute atomic E-state index is 15.6. The number of halogens is 2. The van der Waals surface area contributed by atoms with E-state index in [0.29, 0.717) is 14.3 Å². The second-order valence-electron chi connectivity index (χ2n) is 11.2. The minimum atomic E-state index is -1.10. The Morgan fingerprint density at radius 3 is 1.52 bits per heavy atom. The molecule has 3 atom stereocenters. The molecule has 2 aromatic heterocycles. The molecule has 46 heavy (non-hydrogen) atoms. The van der Waals surface area contributed by atoms with E-state index in [1.54, 1.807) is 26.0 Å². The molecule has 4 aromatic rings. The maximum Gasteiger partial charge on any atom is 0.306 e. The second kappa shape index (κ2) is 14.5. The molecule has 4 rings (SSSR count). The van der Waals surface area contributed by atoms with Gasteiger partial charge < -0.3 is 24.1 Å². The Morgan fingerprint density at radius 2 is 1.15 bits per heavy atom. The van der Waals surface area contributed by atoms with Crippen LogP contribution in [0.3, 0.4) is 0 Å². The molecule has 0 aliphatic carbocycles. The fraction of sp³-hybridized carbons (Fsp3) is 0.394. The zero-order chi connectivity index (χ0) is 33.9. The molecule has 0 radical (unpaired) electrons. The van der Waals surface area contributed by atoms with Crippen LogP contribution in [0, 0.1) is 29.4 Å². The first kappa shape index (κ1) is 34.8. The fourth-order valence-corrected chi connectivity index (χ4v) is 6.60. The number of methoxy groups -OCH3 is 2. The third-order valence-electron chi connectivity index (χ3n) is 7.48. The molecule has 2 aromatic carbocycles. The van der Waals surface area contributed by atoms with Crippen LogP contribution in [0.15, 0.2) is 24.3 Å². The van der Waals surface area contributed by atoms with Gasteiger partial charge in [0.25, 0.3) is 0 Å². The largest absolute Gasteiger partial charge is 0.493 e. The molecular weight excluding hydrogens is 642 g/mol. The first-order valence-electron chi connectivity index (χ1n) is 14.4. The van der Waals surface area contributed by atoms with E-state index in [2.05, 4.69) is 0 Å². The van der Waals surface area contributed by atoms with Crippen molar-refractivity contribution in [2.45, 2.75) is 40.5 Å². The molecule has 0 saturated heterocycles. The van der Waals surface area contributed by atoms with Crippen molar-refractivity contribution >= 4 is 66.2 Å². The molecule has 0 bridgehead atoms. The number of ether oxygens (including phenoxy) is 4. The van der Waals surface area contributed by atoms with Crippen LogP contribution in [0.5, 0.6) is 23.0 Å². The molecule has 0 aliphatic rings. The van der Waals surface area contributed by atoms with Gasteiger partial charge in [-0.25, -0.2) is 8.78 Å². The van der Waals surface area contributed by atoms with Gasteiger partial charge >= 0.3 is 5.97 Å². The smallest absolute Gasteiger partial charge is 0.306 e. The molecule has 9 nitrogen and oxygen atoms in total. The van der Waals surface area contributed by atoms with Crippen molar-refractivity contribution in [1.29, 1.82) is 0 Å². The number of fused-ring (bicyclic) bond motifs is 2. The number of thiophene rings is 2. The van der Waals surface area contributed by atoms with Gasteiger partial charge in [0.05, 0.1) is 43.1 Å². The summed E-state index contributed by atoms with van der Waals surface area (Å²) < 4.78 is 54.5. The highest BCUT2D eigenvalue weighted by molar-refractivity contribution is 7.21. The van der Waals surface area contributed by atoms with Crippen molar-refractivity contribution in [2.24, 2.45) is 17.8 Å². The molecule has 2 heterocycles. The van der Waals surface area contributed by atoms with Crippen LogP contribution in [-0.4, -0.2) is 55.9 Å². The van der Waals surface area contributed by atoms with Gasteiger partial charge in [0.2, 0.25) is 0 Å². The van der Waals surface area contributed by atoms with Crippen LogP contribution in [0.1, 0.15) is 59.9 Å². The lowest BCUT2D eigenvalue weighted by Gasteiger charge is -2.18. The molecule has 0 amide bonds. The van der Waals surface area contributed by atoms with Crippen LogP contribution < -0.4 is 18.9 Å². The van der Waals surface area contributed by atoms with Gasteiger partial charge in [-0.05, 0) is 19.1 Å². The highest BCUT2D eigenvalue weighted by Gasteiger charge is 2.25. The van der Waals surface area contributed by atoms with E-state index in [1.807, 2.05) is 0 Å². The number of aliphatic carboxylic acids is 1. The lowest BCUT2D eigenvalue weighted by Crippen LogP contribution is -2.18. The molecule has 0 saturated carbocycles. The van der Waals surface area contributed by atoms with E-state index in [0.717, 1.165) is 22.7 Å². The molecule has 1 unspecified atom stereocenters. The Balaban J connectivity index is 1.48. The Morgan fingerprint density at radius 1 is 0.739 bits per heavy atom. The average molecular weight is 677 g/mol. The zero-order valence-corrected chi connectivity index (χ0v) is 27.8. The number of rotatable bonds is 16. The molecule has 1 N–H and O–H groups in total. The van der Waals surface area contributed by atoms with Crippen LogP contribution in [0.2, 0.25) is 0 Å². The number of carboxylic acid groups (broad SMARTS) is 1. The van der Waals surface area contributed by atoms with E-state index in [9.17, 15) is 19.2 Å². The zero-order valence-electron chi connectivity index (χ0n) is 26.2. The van der Waals surface area contributed by atoms with Crippen molar-refractivity contribution in [3.8, 4) is 23.0 Å². The summed E-state index contributed by atoms with van der Waals surface area (Å²) in [5, 5.41) is 9.45. The number of carboxylic acids is 1. The molecule has 246 valence electrons. The molecule has 0 aliphatic heterocycles. The average Bonchev–Trinajstić information content (AvgIpc) is 3.65. The lowest BCUT2D eigenvalue weighted by molar-refractivity contribution is -0.141. The minimum Gasteiger partial charge on any atom is -0.493 e. The Labute approximate surface area is 272 Å².